The Morgan fingerprint density at radius 2 is 2.03 bits per heavy atom. The van der Waals surface area contributed by atoms with Gasteiger partial charge in [0.25, 0.3) is 15.9 Å². The second-order valence-electron chi connectivity index (χ2n) is 7.99. The summed E-state index contributed by atoms with van der Waals surface area (Å²) in [6.07, 6.45) is 5.29. The summed E-state index contributed by atoms with van der Waals surface area (Å²) in [5.74, 6) is -0.413. The largest absolute Gasteiger partial charge is 0.319 e. The molecule has 0 radical (unpaired) electrons. The average Bonchev–Trinajstić information content (AvgIpc) is 3.36. The average molecular weight is 512 g/mol. The molecule has 2 aromatic heterocycles. The Morgan fingerprint density at radius 3 is 2.75 bits per heavy atom. The van der Waals surface area contributed by atoms with Gasteiger partial charge in [-0.3, -0.25) is 4.79 Å². The number of aromatic nitrogens is 1. The zero-order valence-electron chi connectivity index (χ0n) is 18.1. The fourth-order valence-electron chi connectivity index (χ4n) is 3.98. The van der Waals surface area contributed by atoms with Gasteiger partial charge in [-0.1, -0.05) is 48.8 Å². The lowest BCUT2D eigenvalue weighted by atomic mass is 10.0. The standard InChI is InChI=1S/C22H26ClN3O3S3/c1-3-4-7-15-9-10-16-18(14-15)30-22(25(16)2)24-21(27)17-8-5-6-13-26(17)32(28,29)20-12-11-19(23)31-20/h9-12,14,17H,3-8,13H2,1-2H3. The number of hydrogen-bond acceptors (Lipinski definition) is 5. The van der Waals surface area contributed by atoms with E-state index in [1.807, 2.05) is 11.6 Å². The Kier molecular flexibility index (Phi) is 7.21. The van der Waals surface area contributed by atoms with Gasteiger partial charge in [0.05, 0.1) is 14.6 Å². The first-order valence-corrected chi connectivity index (χ1v) is 14.2. The van der Waals surface area contributed by atoms with E-state index in [1.165, 1.54) is 27.3 Å². The third kappa shape index (κ3) is 4.72. The molecular weight excluding hydrogens is 486 g/mol. The molecule has 0 spiro atoms. The Bertz CT molecular complexity index is 1310. The number of carbonyl (C=O) groups is 1. The number of sulfonamides is 1. The van der Waals surface area contributed by atoms with E-state index in [1.54, 1.807) is 6.07 Å². The number of carbonyl (C=O) groups excluding carboxylic acids is 1. The second kappa shape index (κ2) is 9.77. The van der Waals surface area contributed by atoms with Gasteiger partial charge in [-0.05, 0) is 55.5 Å². The topological polar surface area (TPSA) is 71.7 Å². The van der Waals surface area contributed by atoms with Gasteiger partial charge < -0.3 is 4.57 Å². The number of thiazole rings is 1. The molecule has 0 saturated carbocycles. The molecule has 32 heavy (non-hydrogen) atoms. The number of amides is 1. The normalized spacial score (nSPS) is 18.5. The summed E-state index contributed by atoms with van der Waals surface area (Å²) in [6.45, 7) is 2.48. The van der Waals surface area contributed by atoms with E-state index in [2.05, 4.69) is 30.1 Å². The van der Waals surface area contributed by atoms with Crippen LogP contribution >= 0.6 is 34.3 Å². The highest BCUT2D eigenvalue weighted by atomic mass is 35.5. The lowest BCUT2D eigenvalue weighted by Gasteiger charge is -2.31. The molecule has 1 unspecified atom stereocenters. The number of nitrogens with zero attached hydrogens (tertiary/aromatic N) is 3. The van der Waals surface area contributed by atoms with Crippen LogP contribution in [0.1, 0.15) is 44.6 Å². The molecule has 1 saturated heterocycles. The van der Waals surface area contributed by atoms with Gasteiger partial charge in [0.15, 0.2) is 4.80 Å². The molecule has 0 aliphatic carbocycles. The van der Waals surface area contributed by atoms with Gasteiger partial charge in [0.2, 0.25) is 0 Å². The zero-order chi connectivity index (χ0) is 22.9. The molecule has 0 bridgehead atoms. The summed E-state index contributed by atoms with van der Waals surface area (Å²) in [5.41, 5.74) is 2.29. The number of unbranched alkanes of at least 4 members (excludes halogenated alkanes) is 1. The molecule has 10 heteroatoms. The third-order valence-electron chi connectivity index (χ3n) is 5.75. The monoisotopic (exact) mass is 511 g/mol. The molecule has 3 aromatic rings. The highest BCUT2D eigenvalue weighted by Crippen LogP contribution is 2.32. The predicted molar refractivity (Wildman–Crippen MR) is 131 cm³/mol. The molecule has 1 amide bonds. The number of benzene rings is 1. The number of rotatable bonds is 6. The van der Waals surface area contributed by atoms with Crippen LogP contribution in [0.3, 0.4) is 0 Å². The van der Waals surface area contributed by atoms with Crippen molar-refractivity contribution >= 4 is 60.4 Å². The van der Waals surface area contributed by atoms with Crippen molar-refractivity contribution in [2.24, 2.45) is 12.0 Å². The van der Waals surface area contributed by atoms with Crippen LogP contribution in [0.5, 0.6) is 0 Å². The number of aryl methyl sites for hydroxylation is 2. The van der Waals surface area contributed by atoms with Gasteiger partial charge in [0, 0.05) is 13.6 Å². The first-order valence-electron chi connectivity index (χ1n) is 10.8. The van der Waals surface area contributed by atoms with Crippen LogP contribution in [0.2, 0.25) is 4.34 Å². The molecular formula is C22H26ClN3O3S3. The van der Waals surface area contributed by atoms with Crippen molar-refractivity contribution in [2.45, 2.75) is 55.7 Å². The fraction of sp³-hybridized carbons (Fsp3) is 0.455. The highest BCUT2D eigenvalue weighted by molar-refractivity contribution is 7.91. The van der Waals surface area contributed by atoms with Crippen molar-refractivity contribution in [3.05, 3.63) is 45.0 Å². The first-order chi connectivity index (χ1) is 15.3. The Balaban J connectivity index is 1.66. The molecule has 1 aromatic carbocycles. The molecule has 3 heterocycles. The Morgan fingerprint density at radius 1 is 1.22 bits per heavy atom. The van der Waals surface area contributed by atoms with Crippen molar-refractivity contribution in [1.82, 2.24) is 8.87 Å². The molecule has 1 aliphatic heterocycles. The minimum Gasteiger partial charge on any atom is -0.319 e. The van der Waals surface area contributed by atoms with E-state index in [0.717, 1.165) is 53.7 Å². The highest BCUT2D eigenvalue weighted by Gasteiger charge is 2.38. The Labute approximate surface area is 201 Å². The number of halogens is 1. The van der Waals surface area contributed by atoms with E-state index >= 15 is 0 Å². The fourth-order valence-corrected chi connectivity index (χ4v) is 8.33. The zero-order valence-corrected chi connectivity index (χ0v) is 21.3. The maximum Gasteiger partial charge on any atom is 0.266 e. The van der Waals surface area contributed by atoms with Gasteiger partial charge in [0.1, 0.15) is 10.3 Å². The quantitative estimate of drug-likeness (QED) is 0.469. The predicted octanol–water partition coefficient (Wildman–Crippen LogP) is 4.97. The van der Waals surface area contributed by atoms with E-state index in [0.29, 0.717) is 22.1 Å². The lowest BCUT2D eigenvalue weighted by molar-refractivity contribution is -0.122. The van der Waals surface area contributed by atoms with Gasteiger partial charge in [-0.15, -0.1) is 11.3 Å². The van der Waals surface area contributed by atoms with Crippen LogP contribution < -0.4 is 4.80 Å². The third-order valence-corrected chi connectivity index (χ3v) is 10.5. The van der Waals surface area contributed by atoms with Crippen LogP contribution in [0.15, 0.2) is 39.5 Å². The summed E-state index contributed by atoms with van der Waals surface area (Å²) >= 11 is 8.43. The van der Waals surface area contributed by atoms with Crippen LogP contribution in [-0.4, -0.2) is 35.8 Å². The van der Waals surface area contributed by atoms with E-state index in [-0.39, 0.29) is 4.21 Å². The van der Waals surface area contributed by atoms with Crippen molar-refractivity contribution in [3.8, 4) is 0 Å². The van der Waals surface area contributed by atoms with E-state index < -0.39 is 22.0 Å². The van der Waals surface area contributed by atoms with Gasteiger partial charge in [-0.25, -0.2) is 8.42 Å². The van der Waals surface area contributed by atoms with Crippen LogP contribution in [0, 0.1) is 0 Å². The maximum absolute atomic E-state index is 13.2. The molecule has 1 fully saturated rings. The van der Waals surface area contributed by atoms with E-state index in [4.69, 9.17) is 11.6 Å². The second-order valence-corrected chi connectivity index (χ2v) is 12.8. The first kappa shape index (κ1) is 23.6. The summed E-state index contributed by atoms with van der Waals surface area (Å²) in [7, 11) is -1.91. The van der Waals surface area contributed by atoms with Crippen molar-refractivity contribution in [2.75, 3.05) is 6.54 Å². The Hall–Kier alpha value is -1.52. The molecule has 4 rings (SSSR count). The van der Waals surface area contributed by atoms with E-state index in [9.17, 15) is 13.2 Å². The molecule has 6 nitrogen and oxygen atoms in total. The van der Waals surface area contributed by atoms with Crippen molar-refractivity contribution < 1.29 is 13.2 Å². The maximum atomic E-state index is 13.2. The number of fused-ring (bicyclic) bond motifs is 1. The minimum atomic E-state index is -3.79. The number of thiophene rings is 1. The summed E-state index contributed by atoms with van der Waals surface area (Å²) in [6, 6.07) is 8.63. The molecule has 1 aliphatic rings. The number of hydrogen-bond donors (Lipinski definition) is 0. The molecule has 0 N–H and O–H groups in total. The SMILES string of the molecule is CCCCc1ccc2c(c1)sc(=NC(=O)C1CCCCN1S(=O)(=O)c1ccc(Cl)s1)n2C. The smallest absolute Gasteiger partial charge is 0.266 e. The van der Waals surface area contributed by atoms with Crippen LogP contribution in [0.4, 0.5) is 0 Å². The lowest BCUT2D eigenvalue weighted by Crippen LogP contribution is -2.47. The molecule has 172 valence electrons. The number of piperidine rings is 1. The summed E-state index contributed by atoms with van der Waals surface area (Å²) in [5, 5.41) is 0. The van der Waals surface area contributed by atoms with Crippen LogP contribution in [0.25, 0.3) is 10.2 Å². The van der Waals surface area contributed by atoms with Gasteiger partial charge in [-0.2, -0.15) is 9.30 Å². The summed E-state index contributed by atoms with van der Waals surface area (Å²) in [4.78, 5) is 18.2. The van der Waals surface area contributed by atoms with Gasteiger partial charge >= 0.3 is 0 Å². The minimum absolute atomic E-state index is 0.161. The van der Waals surface area contributed by atoms with Crippen molar-refractivity contribution in [1.29, 1.82) is 0 Å². The van der Waals surface area contributed by atoms with Crippen LogP contribution in [-0.2, 0) is 28.3 Å². The van der Waals surface area contributed by atoms with Crippen molar-refractivity contribution in [3.63, 3.8) is 0 Å². The molecule has 1 atom stereocenters. The summed E-state index contributed by atoms with van der Waals surface area (Å²) < 4.78 is 31.2.